The van der Waals surface area contributed by atoms with E-state index in [2.05, 4.69) is 39.9 Å². The molecule has 1 heterocycles. The van der Waals surface area contributed by atoms with Crippen molar-refractivity contribution in [3.05, 3.63) is 40.7 Å². The van der Waals surface area contributed by atoms with Gasteiger partial charge in [-0.15, -0.1) is 11.3 Å². The van der Waals surface area contributed by atoms with Crippen LogP contribution in [0.1, 0.15) is 45.2 Å². The summed E-state index contributed by atoms with van der Waals surface area (Å²) in [7, 11) is 0. The van der Waals surface area contributed by atoms with E-state index in [9.17, 15) is 4.39 Å². The third-order valence-corrected chi connectivity index (χ3v) is 4.25. The number of nitrogens with one attached hydrogen (secondary N) is 1. The molecule has 0 radical (unpaired) electrons. The highest BCUT2D eigenvalue weighted by atomic mass is 32.1. The molecule has 2 aromatic rings. The van der Waals surface area contributed by atoms with Crippen LogP contribution in [0.15, 0.2) is 24.3 Å². The number of nitrogens with zero attached hydrogens (tertiary/aromatic N) is 1. The molecule has 0 unspecified atom stereocenters. The number of hydrogen-bond donors (Lipinski definition) is 1. The Morgan fingerprint density at radius 2 is 2.00 bits per heavy atom. The first-order valence-electron chi connectivity index (χ1n) is 7.27. The van der Waals surface area contributed by atoms with Gasteiger partial charge in [0.25, 0.3) is 0 Å². The zero-order valence-electron chi connectivity index (χ0n) is 13.3. The summed E-state index contributed by atoms with van der Waals surface area (Å²) in [4.78, 5) is 6.01. The van der Waals surface area contributed by atoms with Crippen LogP contribution in [0, 0.1) is 5.82 Å². The van der Waals surface area contributed by atoms with Crippen LogP contribution in [-0.2, 0) is 12.0 Å². The summed E-state index contributed by atoms with van der Waals surface area (Å²) in [5.41, 5.74) is 1.93. The second-order valence-electron chi connectivity index (χ2n) is 6.59. The van der Waals surface area contributed by atoms with E-state index in [-0.39, 0.29) is 11.2 Å². The van der Waals surface area contributed by atoms with Gasteiger partial charge in [-0.3, -0.25) is 0 Å². The lowest BCUT2D eigenvalue weighted by molar-refractivity contribution is 0.546. The molecule has 0 fully saturated rings. The summed E-state index contributed by atoms with van der Waals surface area (Å²) in [6, 6.07) is 7.08. The predicted octanol–water partition coefficient (Wildman–Crippen LogP) is 4.74. The van der Waals surface area contributed by atoms with Crippen molar-refractivity contribution in [2.75, 3.05) is 0 Å². The molecule has 0 aliphatic heterocycles. The minimum absolute atomic E-state index is 0.0178. The Morgan fingerprint density at radius 1 is 1.29 bits per heavy atom. The first kappa shape index (κ1) is 16.1. The van der Waals surface area contributed by atoms with Gasteiger partial charge >= 0.3 is 0 Å². The molecular formula is C17H23FN2S. The van der Waals surface area contributed by atoms with Crippen molar-refractivity contribution >= 4 is 11.3 Å². The number of aromatic nitrogens is 1. The molecule has 0 amide bonds. The van der Waals surface area contributed by atoms with E-state index in [1.807, 2.05) is 6.07 Å². The SMILES string of the molecule is CC(C)NCc1sc(-c2cccc(F)c2)nc1C(C)(C)C. The predicted molar refractivity (Wildman–Crippen MR) is 88.2 cm³/mol. The fourth-order valence-corrected chi connectivity index (χ4v) is 3.32. The van der Waals surface area contributed by atoms with Gasteiger partial charge in [0.05, 0.1) is 5.69 Å². The first-order chi connectivity index (χ1) is 9.77. The number of thiazole rings is 1. The van der Waals surface area contributed by atoms with Crippen LogP contribution in [-0.4, -0.2) is 11.0 Å². The maximum atomic E-state index is 13.4. The second-order valence-corrected chi connectivity index (χ2v) is 7.67. The Labute approximate surface area is 130 Å². The molecule has 1 aromatic carbocycles. The number of halogens is 1. The van der Waals surface area contributed by atoms with E-state index in [1.54, 1.807) is 23.5 Å². The van der Waals surface area contributed by atoms with Crippen molar-refractivity contribution in [3.8, 4) is 10.6 Å². The van der Waals surface area contributed by atoms with Gasteiger partial charge in [0, 0.05) is 28.4 Å². The largest absolute Gasteiger partial charge is 0.310 e. The van der Waals surface area contributed by atoms with E-state index in [0.717, 1.165) is 22.8 Å². The number of rotatable bonds is 4. The molecule has 114 valence electrons. The summed E-state index contributed by atoms with van der Waals surface area (Å²) in [6.45, 7) is 11.6. The van der Waals surface area contributed by atoms with Crippen molar-refractivity contribution in [2.24, 2.45) is 0 Å². The lowest BCUT2D eigenvalue weighted by Crippen LogP contribution is -2.23. The van der Waals surface area contributed by atoms with Gasteiger partial charge in [0.2, 0.25) is 0 Å². The molecule has 0 aliphatic carbocycles. The third-order valence-electron chi connectivity index (χ3n) is 3.15. The van der Waals surface area contributed by atoms with Crippen molar-refractivity contribution in [1.29, 1.82) is 0 Å². The summed E-state index contributed by atoms with van der Waals surface area (Å²) in [5, 5.41) is 4.34. The maximum Gasteiger partial charge on any atom is 0.124 e. The maximum absolute atomic E-state index is 13.4. The number of hydrogen-bond acceptors (Lipinski definition) is 3. The van der Waals surface area contributed by atoms with Crippen LogP contribution in [0.3, 0.4) is 0 Å². The Hall–Kier alpha value is -1.26. The Balaban J connectivity index is 2.40. The molecule has 0 spiro atoms. The summed E-state index contributed by atoms with van der Waals surface area (Å²) < 4.78 is 13.4. The van der Waals surface area contributed by atoms with E-state index in [0.29, 0.717) is 6.04 Å². The van der Waals surface area contributed by atoms with Gasteiger partial charge in [0.1, 0.15) is 10.8 Å². The first-order valence-corrected chi connectivity index (χ1v) is 8.08. The Kier molecular flexibility index (Phi) is 4.79. The van der Waals surface area contributed by atoms with Gasteiger partial charge in [-0.25, -0.2) is 9.37 Å². The fraction of sp³-hybridized carbons (Fsp3) is 0.471. The highest BCUT2D eigenvalue weighted by molar-refractivity contribution is 7.15. The zero-order valence-corrected chi connectivity index (χ0v) is 14.1. The zero-order chi connectivity index (χ0) is 15.6. The lowest BCUT2D eigenvalue weighted by atomic mass is 9.91. The van der Waals surface area contributed by atoms with E-state index in [1.165, 1.54) is 10.9 Å². The average Bonchev–Trinajstić information content (AvgIpc) is 2.80. The van der Waals surface area contributed by atoms with Crippen LogP contribution in [0.5, 0.6) is 0 Å². The molecular weight excluding hydrogens is 283 g/mol. The van der Waals surface area contributed by atoms with Gasteiger partial charge in [-0.1, -0.05) is 46.8 Å². The molecule has 2 rings (SSSR count). The fourth-order valence-electron chi connectivity index (χ4n) is 2.10. The molecule has 2 nitrogen and oxygen atoms in total. The molecule has 0 bridgehead atoms. The Bertz CT molecular complexity index is 611. The second kappa shape index (κ2) is 6.24. The minimum atomic E-state index is -0.220. The van der Waals surface area contributed by atoms with Gasteiger partial charge in [0.15, 0.2) is 0 Å². The third kappa shape index (κ3) is 4.11. The monoisotopic (exact) mass is 306 g/mol. The van der Waals surface area contributed by atoms with Gasteiger partial charge in [-0.2, -0.15) is 0 Å². The standard InChI is InChI=1S/C17H23FN2S/c1-11(2)19-10-14-15(17(3,4)5)20-16(21-14)12-7-6-8-13(18)9-12/h6-9,11,19H,10H2,1-5H3. The quantitative estimate of drug-likeness (QED) is 0.882. The van der Waals surface area contributed by atoms with Gasteiger partial charge in [-0.05, 0) is 12.1 Å². The summed E-state index contributed by atoms with van der Waals surface area (Å²) in [5.74, 6) is -0.220. The minimum Gasteiger partial charge on any atom is -0.310 e. The van der Waals surface area contributed by atoms with Crippen LogP contribution in [0.2, 0.25) is 0 Å². The molecule has 0 aliphatic rings. The van der Waals surface area contributed by atoms with Crippen molar-refractivity contribution < 1.29 is 4.39 Å². The van der Waals surface area contributed by atoms with Crippen molar-refractivity contribution in [3.63, 3.8) is 0 Å². The number of benzene rings is 1. The highest BCUT2D eigenvalue weighted by Crippen LogP contribution is 2.34. The lowest BCUT2D eigenvalue weighted by Gasteiger charge is -2.18. The highest BCUT2D eigenvalue weighted by Gasteiger charge is 2.23. The van der Waals surface area contributed by atoms with Crippen LogP contribution in [0.4, 0.5) is 4.39 Å². The smallest absolute Gasteiger partial charge is 0.124 e. The van der Waals surface area contributed by atoms with Crippen molar-refractivity contribution in [1.82, 2.24) is 10.3 Å². The molecule has 1 aromatic heterocycles. The molecule has 0 atom stereocenters. The van der Waals surface area contributed by atoms with Gasteiger partial charge < -0.3 is 5.32 Å². The molecule has 1 N–H and O–H groups in total. The van der Waals surface area contributed by atoms with Crippen LogP contribution >= 0.6 is 11.3 Å². The van der Waals surface area contributed by atoms with E-state index >= 15 is 0 Å². The van der Waals surface area contributed by atoms with E-state index < -0.39 is 0 Å². The van der Waals surface area contributed by atoms with Crippen LogP contribution in [0.25, 0.3) is 10.6 Å². The van der Waals surface area contributed by atoms with Crippen molar-refractivity contribution in [2.45, 2.75) is 52.6 Å². The van der Waals surface area contributed by atoms with E-state index in [4.69, 9.17) is 4.98 Å². The average molecular weight is 306 g/mol. The Morgan fingerprint density at radius 3 is 2.57 bits per heavy atom. The normalized spacial score (nSPS) is 12.1. The summed E-state index contributed by atoms with van der Waals surface area (Å²) >= 11 is 1.65. The molecule has 4 heteroatoms. The molecule has 21 heavy (non-hydrogen) atoms. The summed E-state index contributed by atoms with van der Waals surface area (Å²) in [6.07, 6.45) is 0. The molecule has 0 saturated carbocycles. The van der Waals surface area contributed by atoms with Crippen LogP contribution < -0.4 is 5.32 Å². The molecule has 0 saturated heterocycles. The topological polar surface area (TPSA) is 24.9 Å².